The first-order chi connectivity index (χ1) is 13.7. The van der Waals surface area contributed by atoms with Gasteiger partial charge in [0.1, 0.15) is 0 Å². The summed E-state index contributed by atoms with van der Waals surface area (Å²) in [6.45, 7) is 6.47. The Morgan fingerprint density at radius 1 is 1.11 bits per heavy atom. The molecule has 1 aromatic heterocycles. The number of nitrogens with zero attached hydrogens (tertiary/aromatic N) is 3. The van der Waals surface area contributed by atoms with Crippen LogP contribution in [0, 0.1) is 0 Å². The van der Waals surface area contributed by atoms with Crippen molar-refractivity contribution in [3.05, 3.63) is 59.0 Å². The first kappa shape index (κ1) is 18.6. The van der Waals surface area contributed by atoms with E-state index in [9.17, 15) is 4.79 Å². The second-order valence-corrected chi connectivity index (χ2v) is 7.38. The van der Waals surface area contributed by atoms with Crippen LogP contribution in [0.2, 0.25) is 0 Å². The molecule has 1 amide bonds. The molecule has 1 aliphatic carbocycles. The summed E-state index contributed by atoms with van der Waals surface area (Å²) in [6, 6.07) is 10.3. The van der Waals surface area contributed by atoms with E-state index in [1.807, 2.05) is 4.90 Å². The quantitative estimate of drug-likeness (QED) is 0.654. The molecule has 2 aliphatic rings. The van der Waals surface area contributed by atoms with Crippen LogP contribution in [0.15, 0.2) is 46.0 Å². The van der Waals surface area contributed by atoms with Gasteiger partial charge in [0, 0.05) is 32.7 Å². The van der Waals surface area contributed by atoms with Crippen molar-refractivity contribution < 1.29 is 9.21 Å². The van der Waals surface area contributed by atoms with Crippen molar-refractivity contribution in [2.24, 2.45) is 4.99 Å². The van der Waals surface area contributed by atoms with Gasteiger partial charge < -0.3 is 19.5 Å². The number of benzene rings is 1. The van der Waals surface area contributed by atoms with Gasteiger partial charge in [-0.25, -0.2) is 4.99 Å². The van der Waals surface area contributed by atoms with Gasteiger partial charge >= 0.3 is 0 Å². The molecule has 6 nitrogen and oxygen atoms in total. The van der Waals surface area contributed by atoms with Crippen molar-refractivity contribution in [3.8, 4) is 0 Å². The largest absolute Gasteiger partial charge is 0.459 e. The first-order valence-corrected chi connectivity index (χ1v) is 10.2. The zero-order valence-corrected chi connectivity index (χ0v) is 16.5. The van der Waals surface area contributed by atoms with Gasteiger partial charge in [-0.2, -0.15) is 0 Å². The summed E-state index contributed by atoms with van der Waals surface area (Å²) in [5, 5.41) is 3.40. The molecule has 2 aromatic rings. The molecule has 4 rings (SSSR count). The van der Waals surface area contributed by atoms with Gasteiger partial charge in [-0.15, -0.1) is 0 Å². The van der Waals surface area contributed by atoms with Gasteiger partial charge in [-0.3, -0.25) is 4.79 Å². The number of hydrogen-bond acceptors (Lipinski definition) is 3. The maximum atomic E-state index is 12.4. The summed E-state index contributed by atoms with van der Waals surface area (Å²) in [5.74, 6) is 1.29. The van der Waals surface area contributed by atoms with Crippen molar-refractivity contribution in [2.45, 2.75) is 32.7 Å². The van der Waals surface area contributed by atoms with Crippen LogP contribution in [0.25, 0.3) is 0 Å². The summed E-state index contributed by atoms with van der Waals surface area (Å²) < 4.78 is 5.24. The lowest BCUT2D eigenvalue weighted by atomic mass is 10.1. The zero-order valence-electron chi connectivity index (χ0n) is 16.5. The molecule has 1 fully saturated rings. The highest BCUT2D eigenvalue weighted by molar-refractivity contribution is 5.91. The maximum Gasteiger partial charge on any atom is 0.289 e. The molecule has 1 aliphatic heterocycles. The minimum atomic E-state index is -0.0373. The molecule has 28 heavy (non-hydrogen) atoms. The average molecular weight is 380 g/mol. The lowest BCUT2D eigenvalue weighted by Gasteiger charge is -2.36. The molecule has 0 spiro atoms. The fourth-order valence-electron chi connectivity index (χ4n) is 3.99. The number of carbonyl (C=O) groups is 1. The molecule has 0 radical (unpaired) electrons. The average Bonchev–Trinajstić information content (AvgIpc) is 3.42. The molecule has 1 N–H and O–H groups in total. The first-order valence-electron chi connectivity index (χ1n) is 10.2. The third-order valence-corrected chi connectivity index (χ3v) is 5.51. The van der Waals surface area contributed by atoms with E-state index in [-0.39, 0.29) is 5.91 Å². The fraction of sp³-hybridized carbons (Fsp3) is 0.455. The van der Waals surface area contributed by atoms with Crippen molar-refractivity contribution in [1.82, 2.24) is 15.1 Å². The zero-order chi connectivity index (χ0) is 19.3. The fourth-order valence-corrected chi connectivity index (χ4v) is 3.99. The third-order valence-electron chi connectivity index (χ3n) is 5.51. The van der Waals surface area contributed by atoms with E-state index in [4.69, 9.17) is 9.41 Å². The van der Waals surface area contributed by atoms with Crippen LogP contribution in [0.1, 0.15) is 40.6 Å². The molecule has 148 valence electrons. The summed E-state index contributed by atoms with van der Waals surface area (Å²) in [7, 11) is 0. The van der Waals surface area contributed by atoms with E-state index >= 15 is 0 Å². The standard InChI is InChI=1S/C22H28N4O2/c1-2-23-22(24-16-17-8-9-18-5-3-6-19(18)15-17)26-12-10-25(11-13-26)21(27)20-7-4-14-28-20/h4,7-9,14-15H,2-3,5-6,10-13,16H2,1H3,(H,23,24). The predicted molar refractivity (Wildman–Crippen MR) is 109 cm³/mol. The number of nitrogens with one attached hydrogen (secondary N) is 1. The van der Waals surface area contributed by atoms with E-state index in [1.165, 1.54) is 36.0 Å². The Bertz CT molecular complexity index is 836. The van der Waals surface area contributed by atoms with Crippen LogP contribution >= 0.6 is 0 Å². The van der Waals surface area contributed by atoms with Crippen LogP contribution in [-0.2, 0) is 19.4 Å². The number of fused-ring (bicyclic) bond motifs is 1. The Morgan fingerprint density at radius 2 is 1.89 bits per heavy atom. The van der Waals surface area contributed by atoms with Crippen molar-refractivity contribution in [2.75, 3.05) is 32.7 Å². The summed E-state index contributed by atoms with van der Waals surface area (Å²) in [4.78, 5) is 21.4. The second kappa shape index (κ2) is 8.50. The van der Waals surface area contributed by atoms with Crippen molar-refractivity contribution in [1.29, 1.82) is 0 Å². The Kier molecular flexibility index (Phi) is 5.65. The van der Waals surface area contributed by atoms with Crippen LogP contribution in [-0.4, -0.2) is 54.4 Å². The van der Waals surface area contributed by atoms with E-state index < -0.39 is 0 Å². The number of aliphatic imine (C=N–C) groups is 1. The number of amides is 1. The molecule has 0 unspecified atom stereocenters. The predicted octanol–water partition coefficient (Wildman–Crippen LogP) is 2.69. The molecule has 0 bridgehead atoms. The number of guanidine groups is 1. The molecule has 1 aromatic carbocycles. The van der Waals surface area contributed by atoms with Gasteiger partial charge in [0.25, 0.3) is 5.91 Å². The van der Waals surface area contributed by atoms with Crippen LogP contribution in [0.3, 0.4) is 0 Å². The molecular weight excluding hydrogens is 352 g/mol. The van der Waals surface area contributed by atoms with Crippen LogP contribution < -0.4 is 5.32 Å². The highest BCUT2D eigenvalue weighted by atomic mass is 16.3. The van der Waals surface area contributed by atoms with Crippen LogP contribution in [0.4, 0.5) is 0 Å². The van der Waals surface area contributed by atoms with Crippen molar-refractivity contribution >= 4 is 11.9 Å². The normalized spacial score (nSPS) is 17.0. The third kappa shape index (κ3) is 4.06. The summed E-state index contributed by atoms with van der Waals surface area (Å²) >= 11 is 0. The van der Waals surface area contributed by atoms with Gasteiger partial charge in [0.05, 0.1) is 12.8 Å². The van der Waals surface area contributed by atoms with Gasteiger partial charge in [0.2, 0.25) is 0 Å². The topological polar surface area (TPSA) is 61.1 Å². The van der Waals surface area contributed by atoms with Crippen molar-refractivity contribution in [3.63, 3.8) is 0 Å². The van der Waals surface area contributed by atoms with E-state index in [2.05, 4.69) is 35.3 Å². The summed E-state index contributed by atoms with van der Waals surface area (Å²) in [6.07, 6.45) is 5.21. The van der Waals surface area contributed by atoms with Gasteiger partial charge in [-0.05, 0) is 55.0 Å². The van der Waals surface area contributed by atoms with E-state index in [0.29, 0.717) is 25.4 Å². The number of piperazine rings is 1. The smallest absolute Gasteiger partial charge is 0.289 e. The Labute approximate surface area is 166 Å². The van der Waals surface area contributed by atoms with Crippen LogP contribution in [0.5, 0.6) is 0 Å². The SMILES string of the molecule is CCNC(=NCc1ccc2c(c1)CCC2)N1CCN(C(=O)c2ccco2)CC1. The second-order valence-electron chi connectivity index (χ2n) is 7.38. The summed E-state index contributed by atoms with van der Waals surface area (Å²) in [5.41, 5.74) is 4.25. The van der Waals surface area contributed by atoms with Gasteiger partial charge in [-0.1, -0.05) is 18.2 Å². The molecule has 0 atom stereocenters. The van der Waals surface area contributed by atoms with E-state index in [0.717, 1.165) is 25.6 Å². The molecule has 6 heteroatoms. The Balaban J connectivity index is 1.38. The monoisotopic (exact) mass is 380 g/mol. The lowest BCUT2D eigenvalue weighted by Crippen LogP contribution is -2.53. The maximum absolute atomic E-state index is 12.4. The number of rotatable bonds is 4. The molecule has 1 saturated heterocycles. The van der Waals surface area contributed by atoms with E-state index in [1.54, 1.807) is 18.4 Å². The molecule has 0 saturated carbocycles. The number of furan rings is 1. The Hall–Kier alpha value is -2.76. The number of hydrogen-bond donors (Lipinski definition) is 1. The number of aryl methyl sites for hydroxylation is 2. The highest BCUT2D eigenvalue weighted by Crippen LogP contribution is 2.23. The molecular formula is C22H28N4O2. The van der Waals surface area contributed by atoms with Gasteiger partial charge in [0.15, 0.2) is 11.7 Å². The minimum Gasteiger partial charge on any atom is -0.459 e. The highest BCUT2D eigenvalue weighted by Gasteiger charge is 2.25. The molecule has 2 heterocycles. The number of carbonyl (C=O) groups excluding carboxylic acids is 1. The minimum absolute atomic E-state index is 0.0373. The lowest BCUT2D eigenvalue weighted by molar-refractivity contribution is 0.0657. The Morgan fingerprint density at radius 3 is 2.64 bits per heavy atom.